The molecule has 0 aromatic rings. The molecule has 0 fully saturated rings. The summed E-state index contributed by atoms with van der Waals surface area (Å²) < 4.78 is 10.8. The molecular formula is C45H58O7. The van der Waals surface area contributed by atoms with Crippen LogP contribution in [0.4, 0.5) is 0 Å². The summed E-state index contributed by atoms with van der Waals surface area (Å²) in [6.07, 6.45) is 27.4. The second-order valence-corrected chi connectivity index (χ2v) is 15.0. The third-order valence-electron chi connectivity index (χ3n) is 9.37. The summed E-state index contributed by atoms with van der Waals surface area (Å²) in [6.45, 7) is 20.1. The second kappa shape index (κ2) is 19.8. The molecule has 1 N–H and O–H groups in total. The summed E-state index contributed by atoms with van der Waals surface area (Å²) >= 11 is 0. The quantitative estimate of drug-likeness (QED) is 0.133. The molecule has 280 valence electrons. The number of hydrogen-bond donors (Lipinski definition) is 1. The highest BCUT2D eigenvalue weighted by Crippen LogP contribution is 2.42. The molecule has 7 nitrogen and oxygen atoms in total. The number of rotatable bonds is 15. The maximum absolute atomic E-state index is 13.0. The predicted molar refractivity (Wildman–Crippen MR) is 210 cm³/mol. The van der Waals surface area contributed by atoms with Crippen LogP contribution >= 0.6 is 0 Å². The zero-order valence-corrected chi connectivity index (χ0v) is 33.0. The van der Waals surface area contributed by atoms with Crippen LogP contribution < -0.4 is 0 Å². The van der Waals surface area contributed by atoms with E-state index < -0.39 is 23.5 Å². The van der Waals surface area contributed by atoms with Crippen molar-refractivity contribution in [3.8, 4) is 0 Å². The van der Waals surface area contributed by atoms with Crippen LogP contribution in [-0.2, 0) is 28.7 Å². The number of Topliss-reactive ketones (excluding diaryl/α,β-unsaturated/α-hetero) is 2. The van der Waals surface area contributed by atoms with Crippen LogP contribution in [0.2, 0.25) is 0 Å². The van der Waals surface area contributed by atoms with Crippen LogP contribution in [0.15, 0.2) is 130 Å². The minimum Gasteiger partial charge on any atom is -0.481 e. The molecule has 52 heavy (non-hydrogen) atoms. The molecular weight excluding hydrogens is 652 g/mol. The first kappa shape index (κ1) is 43.5. The Hall–Kier alpha value is -4.62. The van der Waals surface area contributed by atoms with Gasteiger partial charge in [-0.15, -0.1) is 0 Å². The van der Waals surface area contributed by atoms with E-state index in [4.69, 9.17) is 14.6 Å². The standard InChI is InChI=1S/C45H58O7/c1-30(18-14-20-32(3)22-24-36-34(5)42(49)38(51-11)28-44(36,7)8)16-12-13-17-31(2)19-15-21-33(4)23-25-37-35(6)43(50)39(29-45(37,9)10)52-41(48)27-26-40(46)47/h12-25,38-39H,26-29H2,1-11H3,(H,46,47)/b13-12+,18-14+,19-15+,24-22+,25-23+,30-16+,31-17+,32-20+,33-21+. The minimum absolute atomic E-state index is 0.0694. The monoisotopic (exact) mass is 710 g/mol. The van der Waals surface area contributed by atoms with Crippen molar-refractivity contribution in [3.05, 3.63) is 130 Å². The van der Waals surface area contributed by atoms with E-state index in [2.05, 4.69) is 38.2 Å². The van der Waals surface area contributed by atoms with Gasteiger partial charge in [-0.1, -0.05) is 135 Å². The van der Waals surface area contributed by atoms with E-state index in [1.807, 2.05) is 109 Å². The van der Waals surface area contributed by atoms with E-state index in [9.17, 15) is 19.2 Å². The van der Waals surface area contributed by atoms with Gasteiger partial charge in [-0.25, -0.2) is 0 Å². The Bertz CT molecular complexity index is 1720. The van der Waals surface area contributed by atoms with E-state index in [1.54, 1.807) is 14.0 Å². The normalized spacial score (nSPS) is 22.4. The van der Waals surface area contributed by atoms with Crippen molar-refractivity contribution >= 4 is 23.5 Å². The van der Waals surface area contributed by atoms with E-state index in [0.29, 0.717) is 18.4 Å². The van der Waals surface area contributed by atoms with Crippen molar-refractivity contribution in [2.45, 2.75) is 107 Å². The maximum atomic E-state index is 13.0. The van der Waals surface area contributed by atoms with Crippen LogP contribution in [0.25, 0.3) is 0 Å². The van der Waals surface area contributed by atoms with Gasteiger partial charge in [0.1, 0.15) is 6.10 Å². The number of carbonyl (C=O) groups is 4. The molecule has 0 heterocycles. The van der Waals surface area contributed by atoms with Gasteiger partial charge in [0.05, 0.1) is 12.8 Å². The molecule has 0 radical (unpaired) electrons. The third-order valence-corrected chi connectivity index (χ3v) is 9.37. The molecule has 0 saturated carbocycles. The van der Waals surface area contributed by atoms with Gasteiger partial charge in [0, 0.05) is 13.5 Å². The number of carboxylic acids is 1. The van der Waals surface area contributed by atoms with Crippen LogP contribution in [-0.4, -0.2) is 47.9 Å². The number of hydrogen-bond acceptors (Lipinski definition) is 6. The number of ether oxygens (including phenoxy) is 2. The van der Waals surface area contributed by atoms with Crippen molar-refractivity contribution in [2.75, 3.05) is 7.11 Å². The topological polar surface area (TPSA) is 107 Å². The molecule has 0 bridgehead atoms. The zero-order chi connectivity index (χ0) is 39.2. The van der Waals surface area contributed by atoms with Gasteiger partial charge in [-0.2, -0.15) is 0 Å². The van der Waals surface area contributed by atoms with Crippen LogP contribution in [0.5, 0.6) is 0 Å². The third kappa shape index (κ3) is 13.5. The Morgan fingerprint density at radius 3 is 1.46 bits per heavy atom. The highest BCUT2D eigenvalue weighted by molar-refractivity contribution is 6.02. The number of carbonyl (C=O) groups excluding carboxylic acids is 3. The average molecular weight is 711 g/mol. The van der Waals surface area contributed by atoms with Gasteiger partial charge in [-0.05, 0) is 81.1 Å². The summed E-state index contributed by atoms with van der Waals surface area (Å²) in [6, 6.07) is 0. The molecule has 2 aliphatic rings. The smallest absolute Gasteiger partial charge is 0.307 e. The van der Waals surface area contributed by atoms with Gasteiger partial charge in [0.2, 0.25) is 0 Å². The molecule has 2 aliphatic carbocycles. The highest BCUT2D eigenvalue weighted by atomic mass is 16.5. The Morgan fingerprint density at radius 1 is 0.654 bits per heavy atom. The first-order valence-corrected chi connectivity index (χ1v) is 17.8. The number of allylic oxidation sites excluding steroid dienone is 20. The highest BCUT2D eigenvalue weighted by Gasteiger charge is 2.40. The van der Waals surface area contributed by atoms with Crippen molar-refractivity contribution < 1.29 is 33.8 Å². The van der Waals surface area contributed by atoms with E-state index in [0.717, 1.165) is 39.0 Å². The molecule has 7 heteroatoms. The Balaban J connectivity index is 1.97. The van der Waals surface area contributed by atoms with Crippen LogP contribution in [0, 0.1) is 10.8 Å². The van der Waals surface area contributed by atoms with E-state index in [-0.39, 0.29) is 35.9 Å². The van der Waals surface area contributed by atoms with Crippen molar-refractivity contribution in [1.82, 2.24) is 0 Å². The van der Waals surface area contributed by atoms with Gasteiger partial charge >= 0.3 is 11.9 Å². The van der Waals surface area contributed by atoms with Crippen LogP contribution in [0.1, 0.15) is 94.9 Å². The molecule has 2 rings (SSSR count). The SMILES string of the molecule is COC1CC(C)(C)C(/C=C/C(C)=C/C=C/C(C)=C/C=C/C=C(C)/C=C/C=C(C)/C=C/C2=C(C)C(=O)C(OC(=O)CCC(=O)O)CC2(C)C)=C(C)C1=O. The fourth-order valence-electron chi connectivity index (χ4n) is 6.28. The summed E-state index contributed by atoms with van der Waals surface area (Å²) in [5, 5.41) is 8.80. The van der Waals surface area contributed by atoms with Gasteiger partial charge in [0.15, 0.2) is 17.7 Å². The summed E-state index contributed by atoms with van der Waals surface area (Å²) in [5.74, 6) is -1.93. The fourth-order valence-corrected chi connectivity index (χ4v) is 6.28. The Kier molecular flexibility index (Phi) is 16.6. The summed E-state index contributed by atoms with van der Waals surface area (Å²) in [4.78, 5) is 48.4. The molecule has 0 amide bonds. The lowest BCUT2D eigenvalue weighted by Gasteiger charge is -2.36. The van der Waals surface area contributed by atoms with Gasteiger partial charge in [0.25, 0.3) is 0 Å². The molecule has 2 atom stereocenters. The first-order chi connectivity index (χ1) is 24.3. The lowest BCUT2D eigenvalue weighted by atomic mass is 9.71. The predicted octanol–water partition coefficient (Wildman–Crippen LogP) is 9.98. The minimum atomic E-state index is -1.08. The largest absolute Gasteiger partial charge is 0.481 e. The summed E-state index contributed by atoms with van der Waals surface area (Å²) in [7, 11) is 1.60. The molecule has 0 saturated heterocycles. The van der Waals surface area contributed by atoms with E-state index >= 15 is 0 Å². The molecule has 2 unspecified atom stereocenters. The van der Waals surface area contributed by atoms with Crippen LogP contribution in [0.3, 0.4) is 0 Å². The Morgan fingerprint density at radius 2 is 1.04 bits per heavy atom. The number of aliphatic carboxylic acids is 1. The summed E-state index contributed by atoms with van der Waals surface area (Å²) in [5.41, 5.74) is 7.02. The fraction of sp³-hybridized carbons (Fsp3) is 0.422. The molecule has 0 aliphatic heterocycles. The van der Waals surface area contributed by atoms with Crippen molar-refractivity contribution in [3.63, 3.8) is 0 Å². The zero-order valence-electron chi connectivity index (χ0n) is 33.0. The first-order valence-electron chi connectivity index (χ1n) is 17.8. The average Bonchev–Trinajstić information content (AvgIpc) is 3.05. The van der Waals surface area contributed by atoms with Crippen molar-refractivity contribution in [1.29, 1.82) is 0 Å². The van der Waals surface area contributed by atoms with E-state index in [1.165, 1.54) is 0 Å². The maximum Gasteiger partial charge on any atom is 0.307 e. The molecule has 0 aromatic heterocycles. The van der Waals surface area contributed by atoms with Crippen molar-refractivity contribution in [2.24, 2.45) is 10.8 Å². The number of esters is 1. The number of ketones is 2. The molecule has 0 aromatic carbocycles. The number of carboxylic acid groups (broad SMARTS) is 1. The second-order valence-electron chi connectivity index (χ2n) is 15.0. The van der Waals surface area contributed by atoms with Gasteiger partial charge in [-0.3, -0.25) is 19.2 Å². The van der Waals surface area contributed by atoms with Gasteiger partial charge < -0.3 is 14.6 Å². The lowest BCUT2D eigenvalue weighted by Crippen LogP contribution is -2.39. The Labute approximate surface area is 311 Å². The molecule has 0 spiro atoms. The lowest BCUT2D eigenvalue weighted by molar-refractivity contribution is -0.157. The number of methoxy groups -OCH3 is 1.